The van der Waals surface area contributed by atoms with Crippen LogP contribution in [0, 0.1) is 5.82 Å². The standard InChI is InChI=1S/C19H28FN5O/c1-4-7-16(24-9-6-8-23(3)10-11-24)18-22-17-15(12-14(20)13-21-17)19(26)25(18)5-2/h12-13,16H,4-11H2,1-3H3/t16-/m1/s1. The second-order valence-electron chi connectivity index (χ2n) is 7.04. The molecule has 1 aliphatic heterocycles. The van der Waals surface area contributed by atoms with Crippen molar-refractivity contribution in [1.82, 2.24) is 24.3 Å². The maximum Gasteiger partial charge on any atom is 0.263 e. The second-order valence-corrected chi connectivity index (χ2v) is 7.04. The van der Waals surface area contributed by atoms with Crippen LogP contribution in [0.25, 0.3) is 11.0 Å². The Balaban J connectivity index is 2.09. The average molecular weight is 361 g/mol. The van der Waals surface area contributed by atoms with Crippen LogP contribution in [0.2, 0.25) is 0 Å². The Morgan fingerprint density at radius 2 is 2.04 bits per heavy atom. The van der Waals surface area contributed by atoms with Gasteiger partial charge in [-0.2, -0.15) is 0 Å². The van der Waals surface area contributed by atoms with Crippen LogP contribution in [-0.2, 0) is 6.54 Å². The van der Waals surface area contributed by atoms with Gasteiger partial charge in [-0.25, -0.2) is 14.4 Å². The Bertz CT molecular complexity index is 821. The van der Waals surface area contributed by atoms with Crippen molar-refractivity contribution in [3.05, 3.63) is 34.3 Å². The van der Waals surface area contributed by atoms with Gasteiger partial charge in [-0.3, -0.25) is 14.3 Å². The molecule has 0 amide bonds. The van der Waals surface area contributed by atoms with Crippen molar-refractivity contribution in [3.63, 3.8) is 0 Å². The first-order chi connectivity index (χ1) is 12.5. The molecule has 2 aromatic heterocycles. The largest absolute Gasteiger partial charge is 0.305 e. The number of aromatic nitrogens is 3. The molecule has 0 bridgehead atoms. The molecule has 26 heavy (non-hydrogen) atoms. The number of nitrogens with zero attached hydrogens (tertiary/aromatic N) is 5. The Hall–Kier alpha value is -1.86. The number of halogens is 1. The van der Waals surface area contributed by atoms with Gasteiger partial charge in [0.1, 0.15) is 11.6 Å². The summed E-state index contributed by atoms with van der Waals surface area (Å²) in [4.78, 5) is 26.5. The van der Waals surface area contributed by atoms with Crippen LogP contribution in [0.3, 0.4) is 0 Å². The molecular formula is C19H28FN5O. The van der Waals surface area contributed by atoms with Crippen molar-refractivity contribution in [2.45, 2.75) is 45.7 Å². The maximum atomic E-state index is 13.6. The molecule has 0 unspecified atom stereocenters. The Morgan fingerprint density at radius 1 is 1.23 bits per heavy atom. The molecule has 0 aliphatic carbocycles. The third-order valence-corrected chi connectivity index (χ3v) is 5.18. The molecule has 0 spiro atoms. The number of fused-ring (bicyclic) bond motifs is 1. The predicted molar refractivity (Wildman–Crippen MR) is 101 cm³/mol. The van der Waals surface area contributed by atoms with E-state index in [0.29, 0.717) is 12.2 Å². The van der Waals surface area contributed by atoms with E-state index < -0.39 is 5.82 Å². The number of pyridine rings is 1. The summed E-state index contributed by atoms with van der Waals surface area (Å²) in [6.07, 6.45) is 4.17. The number of hydrogen-bond acceptors (Lipinski definition) is 5. The minimum absolute atomic E-state index is 0.0791. The predicted octanol–water partition coefficient (Wildman–Crippen LogP) is 2.43. The molecule has 1 atom stereocenters. The lowest BCUT2D eigenvalue weighted by Gasteiger charge is -2.31. The molecule has 1 aliphatic rings. The fourth-order valence-electron chi connectivity index (χ4n) is 3.78. The molecule has 2 aromatic rings. The highest BCUT2D eigenvalue weighted by Gasteiger charge is 2.26. The summed E-state index contributed by atoms with van der Waals surface area (Å²) in [5.41, 5.74) is 0.136. The van der Waals surface area contributed by atoms with E-state index in [1.807, 2.05) is 6.92 Å². The van der Waals surface area contributed by atoms with Crippen molar-refractivity contribution in [1.29, 1.82) is 0 Å². The molecule has 0 radical (unpaired) electrons. The van der Waals surface area contributed by atoms with E-state index in [0.717, 1.165) is 57.5 Å². The van der Waals surface area contributed by atoms with E-state index in [-0.39, 0.29) is 17.0 Å². The van der Waals surface area contributed by atoms with E-state index in [2.05, 4.69) is 28.8 Å². The lowest BCUT2D eigenvalue weighted by Crippen LogP contribution is -2.37. The summed E-state index contributed by atoms with van der Waals surface area (Å²) >= 11 is 0. The van der Waals surface area contributed by atoms with Gasteiger partial charge in [0.2, 0.25) is 0 Å². The van der Waals surface area contributed by atoms with Crippen molar-refractivity contribution < 1.29 is 4.39 Å². The highest BCUT2D eigenvalue weighted by Crippen LogP contribution is 2.26. The van der Waals surface area contributed by atoms with Crippen molar-refractivity contribution in [2.75, 3.05) is 33.2 Å². The van der Waals surface area contributed by atoms with Crippen LogP contribution in [0.15, 0.2) is 17.1 Å². The van der Waals surface area contributed by atoms with Crippen LogP contribution < -0.4 is 5.56 Å². The number of hydrogen-bond donors (Lipinski definition) is 0. The van der Waals surface area contributed by atoms with Gasteiger partial charge in [0, 0.05) is 26.2 Å². The van der Waals surface area contributed by atoms with E-state index in [1.54, 1.807) is 4.57 Å². The van der Waals surface area contributed by atoms with Crippen LogP contribution in [0.4, 0.5) is 4.39 Å². The monoisotopic (exact) mass is 361 g/mol. The maximum absolute atomic E-state index is 13.6. The highest BCUT2D eigenvalue weighted by atomic mass is 19.1. The van der Waals surface area contributed by atoms with Crippen molar-refractivity contribution in [2.24, 2.45) is 0 Å². The summed E-state index contributed by atoms with van der Waals surface area (Å²) in [5.74, 6) is 0.253. The normalized spacial score (nSPS) is 18.2. The first-order valence-electron chi connectivity index (χ1n) is 9.53. The first kappa shape index (κ1) is 18.9. The van der Waals surface area contributed by atoms with Crippen LogP contribution in [0.1, 0.15) is 45.0 Å². The van der Waals surface area contributed by atoms with Crippen LogP contribution in [0.5, 0.6) is 0 Å². The van der Waals surface area contributed by atoms with Gasteiger partial charge in [-0.1, -0.05) is 13.3 Å². The van der Waals surface area contributed by atoms with Gasteiger partial charge in [0.05, 0.1) is 17.6 Å². The number of likely N-dealkylation sites (N-methyl/N-ethyl adjacent to an activating group) is 1. The Morgan fingerprint density at radius 3 is 2.77 bits per heavy atom. The lowest BCUT2D eigenvalue weighted by molar-refractivity contribution is 0.180. The molecule has 1 saturated heterocycles. The van der Waals surface area contributed by atoms with Gasteiger partial charge >= 0.3 is 0 Å². The molecule has 0 aromatic carbocycles. The van der Waals surface area contributed by atoms with E-state index in [1.165, 1.54) is 6.07 Å². The van der Waals surface area contributed by atoms with Gasteiger partial charge in [-0.05, 0) is 39.4 Å². The molecule has 0 N–H and O–H groups in total. The number of rotatable bonds is 5. The fourth-order valence-corrected chi connectivity index (χ4v) is 3.78. The summed E-state index contributed by atoms with van der Waals surface area (Å²) in [7, 11) is 2.15. The molecule has 3 rings (SSSR count). The van der Waals surface area contributed by atoms with Crippen molar-refractivity contribution in [3.8, 4) is 0 Å². The molecule has 3 heterocycles. The minimum Gasteiger partial charge on any atom is -0.305 e. The summed E-state index contributed by atoms with van der Waals surface area (Å²) in [5, 5.41) is 0.251. The van der Waals surface area contributed by atoms with E-state index in [9.17, 15) is 9.18 Å². The van der Waals surface area contributed by atoms with E-state index in [4.69, 9.17) is 4.98 Å². The van der Waals surface area contributed by atoms with Gasteiger partial charge < -0.3 is 4.90 Å². The zero-order chi connectivity index (χ0) is 18.7. The third kappa shape index (κ3) is 3.78. The Labute approximate surface area is 153 Å². The molecule has 0 saturated carbocycles. The zero-order valence-corrected chi connectivity index (χ0v) is 15.9. The van der Waals surface area contributed by atoms with Crippen LogP contribution >= 0.6 is 0 Å². The van der Waals surface area contributed by atoms with E-state index >= 15 is 0 Å². The third-order valence-electron chi connectivity index (χ3n) is 5.18. The molecule has 142 valence electrons. The summed E-state index contributed by atoms with van der Waals surface area (Å²) in [6, 6.07) is 1.32. The molecule has 6 nitrogen and oxygen atoms in total. The molecule has 1 fully saturated rings. The van der Waals surface area contributed by atoms with Gasteiger partial charge in [0.25, 0.3) is 5.56 Å². The van der Waals surface area contributed by atoms with Gasteiger partial charge in [-0.15, -0.1) is 0 Å². The first-order valence-corrected chi connectivity index (χ1v) is 9.53. The zero-order valence-electron chi connectivity index (χ0n) is 15.9. The smallest absolute Gasteiger partial charge is 0.263 e. The molecular weight excluding hydrogens is 333 g/mol. The summed E-state index contributed by atoms with van der Waals surface area (Å²) in [6.45, 7) is 8.64. The SMILES string of the molecule is CCC[C@H](c1nc2ncc(F)cc2c(=O)n1CC)N1CCCN(C)CC1. The average Bonchev–Trinajstić information content (AvgIpc) is 2.85. The van der Waals surface area contributed by atoms with Crippen LogP contribution in [-0.4, -0.2) is 57.6 Å². The Kier molecular flexibility index (Phi) is 5.98. The molecule has 7 heteroatoms. The topological polar surface area (TPSA) is 54.3 Å². The van der Waals surface area contributed by atoms with Gasteiger partial charge in [0.15, 0.2) is 5.65 Å². The minimum atomic E-state index is -0.507. The van der Waals surface area contributed by atoms with Crippen molar-refractivity contribution >= 4 is 11.0 Å². The highest BCUT2D eigenvalue weighted by molar-refractivity contribution is 5.73. The summed E-state index contributed by atoms with van der Waals surface area (Å²) < 4.78 is 15.2. The second kappa shape index (κ2) is 8.22. The lowest BCUT2D eigenvalue weighted by atomic mass is 10.1. The quantitative estimate of drug-likeness (QED) is 0.819. The fraction of sp³-hybridized carbons (Fsp3) is 0.632.